The number of rotatable bonds is 3. The third kappa shape index (κ3) is 4.00. The number of urea groups is 1. The Labute approximate surface area is 150 Å². The van der Waals surface area contributed by atoms with Crippen molar-refractivity contribution in [3.8, 4) is 5.75 Å². The molecular weight excluding hydrogens is 370 g/mol. The maximum atomic E-state index is 12.4. The lowest BCUT2D eigenvalue weighted by Gasteiger charge is -2.36. The van der Waals surface area contributed by atoms with Crippen LogP contribution in [0.5, 0.6) is 5.75 Å². The number of ether oxygens (including phenoxy) is 1. The molecule has 2 aromatic rings. The fraction of sp³-hybridized carbons (Fsp3) is 0.278. The summed E-state index contributed by atoms with van der Waals surface area (Å²) in [5.41, 5.74) is 1.92. The second-order valence-corrected chi connectivity index (χ2v) is 6.53. The molecule has 1 fully saturated rings. The highest BCUT2D eigenvalue weighted by Crippen LogP contribution is 2.22. The highest BCUT2D eigenvalue weighted by molar-refractivity contribution is 9.10. The molecular formula is C18H20BrN3O2. The molecule has 1 aliphatic heterocycles. The highest BCUT2D eigenvalue weighted by atomic mass is 79.9. The van der Waals surface area contributed by atoms with Crippen LogP contribution in [-0.4, -0.2) is 44.2 Å². The van der Waals surface area contributed by atoms with Crippen LogP contribution in [0.25, 0.3) is 0 Å². The van der Waals surface area contributed by atoms with Gasteiger partial charge in [-0.25, -0.2) is 4.79 Å². The SMILES string of the molecule is COc1cccc(N2CCN(C(=O)Nc3cccc(Br)c3)CC2)c1. The fourth-order valence-electron chi connectivity index (χ4n) is 2.74. The van der Waals surface area contributed by atoms with E-state index in [1.807, 2.05) is 47.4 Å². The van der Waals surface area contributed by atoms with Gasteiger partial charge in [-0.2, -0.15) is 0 Å². The largest absolute Gasteiger partial charge is 0.497 e. The molecule has 0 saturated carbocycles. The topological polar surface area (TPSA) is 44.8 Å². The first-order valence-electron chi connectivity index (χ1n) is 7.86. The molecule has 1 heterocycles. The Balaban J connectivity index is 1.57. The van der Waals surface area contributed by atoms with E-state index in [4.69, 9.17) is 4.74 Å². The first-order chi connectivity index (χ1) is 11.7. The van der Waals surface area contributed by atoms with Gasteiger partial charge >= 0.3 is 6.03 Å². The minimum atomic E-state index is -0.0570. The molecule has 24 heavy (non-hydrogen) atoms. The van der Waals surface area contributed by atoms with Gasteiger partial charge in [-0.1, -0.05) is 28.1 Å². The van der Waals surface area contributed by atoms with E-state index in [0.717, 1.165) is 34.7 Å². The zero-order chi connectivity index (χ0) is 16.9. The van der Waals surface area contributed by atoms with Crippen LogP contribution in [0.1, 0.15) is 0 Å². The number of benzene rings is 2. The summed E-state index contributed by atoms with van der Waals surface area (Å²) in [6.45, 7) is 2.99. The standard InChI is InChI=1S/C18H20BrN3O2/c1-24-17-7-3-6-16(13-17)21-8-10-22(11-9-21)18(23)20-15-5-2-4-14(19)12-15/h2-7,12-13H,8-11H2,1H3,(H,20,23). The third-order valence-electron chi connectivity index (χ3n) is 4.06. The summed E-state index contributed by atoms with van der Waals surface area (Å²) in [6, 6.07) is 15.6. The van der Waals surface area contributed by atoms with Gasteiger partial charge < -0.3 is 19.9 Å². The maximum absolute atomic E-state index is 12.4. The van der Waals surface area contributed by atoms with E-state index in [9.17, 15) is 4.79 Å². The van der Waals surface area contributed by atoms with Gasteiger partial charge in [-0.3, -0.25) is 0 Å². The minimum Gasteiger partial charge on any atom is -0.497 e. The third-order valence-corrected chi connectivity index (χ3v) is 4.55. The molecule has 1 aliphatic rings. The van der Waals surface area contributed by atoms with Gasteiger partial charge in [0, 0.05) is 48.1 Å². The number of halogens is 1. The number of nitrogens with zero attached hydrogens (tertiary/aromatic N) is 2. The molecule has 2 amide bonds. The van der Waals surface area contributed by atoms with E-state index in [-0.39, 0.29) is 6.03 Å². The van der Waals surface area contributed by atoms with Crippen LogP contribution in [0.3, 0.4) is 0 Å². The Kier molecular flexibility index (Phi) is 5.25. The van der Waals surface area contributed by atoms with Crippen LogP contribution in [0.4, 0.5) is 16.2 Å². The predicted octanol–water partition coefficient (Wildman–Crippen LogP) is 3.81. The summed E-state index contributed by atoms with van der Waals surface area (Å²) >= 11 is 3.41. The molecule has 0 aliphatic carbocycles. The Morgan fingerprint density at radius 1 is 1.08 bits per heavy atom. The second kappa shape index (κ2) is 7.57. The molecule has 3 rings (SSSR count). The number of amides is 2. The van der Waals surface area contributed by atoms with Crippen LogP contribution < -0.4 is 15.0 Å². The first kappa shape index (κ1) is 16.6. The molecule has 5 nitrogen and oxygen atoms in total. The highest BCUT2D eigenvalue weighted by Gasteiger charge is 2.21. The molecule has 0 atom stereocenters. The monoisotopic (exact) mass is 389 g/mol. The van der Waals surface area contributed by atoms with Gasteiger partial charge in [0.05, 0.1) is 7.11 Å². The normalized spacial score (nSPS) is 14.4. The lowest BCUT2D eigenvalue weighted by molar-refractivity contribution is 0.208. The average Bonchev–Trinajstić information content (AvgIpc) is 2.62. The molecule has 6 heteroatoms. The number of carbonyl (C=O) groups is 1. The molecule has 126 valence electrons. The van der Waals surface area contributed by atoms with Crippen molar-refractivity contribution in [2.45, 2.75) is 0 Å². The van der Waals surface area contributed by atoms with Crippen molar-refractivity contribution in [1.29, 1.82) is 0 Å². The first-order valence-corrected chi connectivity index (χ1v) is 8.65. The zero-order valence-corrected chi connectivity index (χ0v) is 15.1. The smallest absolute Gasteiger partial charge is 0.321 e. The van der Waals surface area contributed by atoms with Crippen molar-refractivity contribution >= 4 is 33.3 Å². The summed E-state index contributed by atoms with van der Waals surface area (Å²) in [5, 5.41) is 2.94. The molecule has 2 aromatic carbocycles. The van der Waals surface area contributed by atoms with Crippen LogP contribution >= 0.6 is 15.9 Å². The molecule has 0 spiro atoms. The molecule has 0 bridgehead atoms. The number of methoxy groups -OCH3 is 1. The zero-order valence-electron chi connectivity index (χ0n) is 13.5. The van der Waals surface area contributed by atoms with E-state index in [2.05, 4.69) is 32.2 Å². The lowest BCUT2D eigenvalue weighted by atomic mass is 10.2. The van der Waals surface area contributed by atoms with Crippen molar-refractivity contribution in [1.82, 2.24) is 4.90 Å². The Hall–Kier alpha value is -2.21. The van der Waals surface area contributed by atoms with Crippen LogP contribution in [0.2, 0.25) is 0 Å². The number of carbonyl (C=O) groups excluding carboxylic acids is 1. The lowest BCUT2D eigenvalue weighted by Crippen LogP contribution is -2.50. The van der Waals surface area contributed by atoms with E-state index in [1.165, 1.54) is 0 Å². The number of hydrogen-bond donors (Lipinski definition) is 1. The average molecular weight is 390 g/mol. The van der Waals surface area contributed by atoms with Crippen LogP contribution in [0.15, 0.2) is 53.0 Å². The van der Waals surface area contributed by atoms with Crippen LogP contribution in [0, 0.1) is 0 Å². The molecule has 1 N–H and O–H groups in total. The number of hydrogen-bond acceptors (Lipinski definition) is 3. The Morgan fingerprint density at radius 2 is 1.83 bits per heavy atom. The van der Waals surface area contributed by atoms with Gasteiger partial charge in [-0.15, -0.1) is 0 Å². The molecule has 0 unspecified atom stereocenters. The van der Waals surface area contributed by atoms with Crippen molar-refractivity contribution in [3.05, 3.63) is 53.0 Å². The number of nitrogens with one attached hydrogen (secondary N) is 1. The van der Waals surface area contributed by atoms with Gasteiger partial charge in [0.25, 0.3) is 0 Å². The summed E-state index contributed by atoms with van der Waals surface area (Å²) in [6.07, 6.45) is 0. The fourth-order valence-corrected chi connectivity index (χ4v) is 3.14. The minimum absolute atomic E-state index is 0.0570. The van der Waals surface area contributed by atoms with Crippen LogP contribution in [-0.2, 0) is 0 Å². The van der Waals surface area contributed by atoms with Crippen molar-refractivity contribution in [3.63, 3.8) is 0 Å². The molecule has 0 aromatic heterocycles. The second-order valence-electron chi connectivity index (χ2n) is 5.62. The molecule has 1 saturated heterocycles. The van der Waals surface area contributed by atoms with Gasteiger partial charge in [0.15, 0.2) is 0 Å². The van der Waals surface area contributed by atoms with E-state index >= 15 is 0 Å². The summed E-state index contributed by atoms with van der Waals surface area (Å²) in [7, 11) is 1.67. The van der Waals surface area contributed by atoms with Gasteiger partial charge in [0.1, 0.15) is 5.75 Å². The molecule has 0 radical (unpaired) electrons. The number of anilines is 2. The summed E-state index contributed by atoms with van der Waals surface area (Å²) in [4.78, 5) is 16.5. The van der Waals surface area contributed by atoms with E-state index in [1.54, 1.807) is 7.11 Å². The van der Waals surface area contributed by atoms with Crippen molar-refractivity contribution in [2.75, 3.05) is 43.5 Å². The maximum Gasteiger partial charge on any atom is 0.321 e. The van der Waals surface area contributed by atoms with E-state index < -0.39 is 0 Å². The Bertz CT molecular complexity index is 715. The van der Waals surface area contributed by atoms with Crippen molar-refractivity contribution in [2.24, 2.45) is 0 Å². The quantitative estimate of drug-likeness (QED) is 0.867. The van der Waals surface area contributed by atoms with Gasteiger partial charge in [0.2, 0.25) is 0 Å². The predicted molar refractivity (Wildman–Crippen MR) is 99.9 cm³/mol. The van der Waals surface area contributed by atoms with E-state index in [0.29, 0.717) is 13.1 Å². The summed E-state index contributed by atoms with van der Waals surface area (Å²) < 4.78 is 6.22. The number of piperazine rings is 1. The van der Waals surface area contributed by atoms with Crippen molar-refractivity contribution < 1.29 is 9.53 Å². The van der Waals surface area contributed by atoms with Gasteiger partial charge in [-0.05, 0) is 30.3 Å². The summed E-state index contributed by atoms with van der Waals surface area (Å²) in [5.74, 6) is 0.849. The Morgan fingerprint density at radius 3 is 2.54 bits per heavy atom.